The summed E-state index contributed by atoms with van der Waals surface area (Å²) in [6.07, 6.45) is -0.566. The predicted octanol–water partition coefficient (Wildman–Crippen LogP) is 7.64. The number of benzene rings is 1. The fraction of sp³-hybridized carbons (Fsp3) is 0.483. The Morgan fingerprint density at radius 2 is 1.79 bits per heavy atom. The summed E-state index contributed by atoms with van der Waals surface area (Å²) in [7, 11) is 0. The van der Waals surface area contributed by atoms with Gasteiger partial charge in [-0.15, -0.1) is 0 Å². The number of halogens is 3. The number of allylic oxidation sites excluding steroid dienone is 2. The number of ether oxygens (including phenoxy) is 2. The van der Waals surface area contributed by atoms with E-state index in [1.807, 2.05) is 56.8 Å². The Labute approximate surface area is 223 Å². The summed E-state index contributed by atoms with van der Waals surface area (Å²) < 4.78 is 49.1. The van der Waals surface area contributed by atoms with Crippen molar-refractivity contribution in [2.75, 3.05) is 19.8 Å². The molecule has 9 heteroatoms. The fourth-order valence-electron chi connectivity index (χ4n) is 4.30. The van der Waals surface area contributed by atoms with Gasteiger partial charge >= 0.3 is 6.18 Å². The summed E-state index contributed by atoms with van der Waals surface area (Å²) in [6.45, 7) is 21.2. The molecular weight excluding hydrogens is 495 g/mol. The van der Waals surface area contributed by atoms with E-state index in [4.69, 9.17) is 9.84 Å². The van der Waals surface area contributed by atoms with E-state index in [0.717, 1.165) is 16.8 Å². The molecule has 6 nitrogen and oxygen atoms in total. The quantitative estimate of drug-likeness (QED) is 0.304. The fourth-order valence-corrected chi connectivity index (χ4v) is 4.30. The highest BCUT2D eigenvalue weighted by Gasteiger charge is 2.40. The summed E-state index contributed by atoms with van der Waals surface area (Å²) >= 11 is 0. The maximum Gasteiger partial charge on any atom is 0.411 e. The number of aliphatic hydroxyl groups is 1. The lowest BCUT2D eigenvalue weighted by molar-refractivity contribution is -0.175. The van der Waals surface area contributed by atoms with Crippen molar-refractivity contribution in [2.24, 2.45) is 5.41 Å². The van der Waals surface area contributed by atoms with E-state index in [1.165, 1.54) is 0 Å². The molecule has 38 heavy (non-hydrogen) atoms. The van der Waals surface area contributed by atoms with Crippen LogP contribution >= 0.6 is 0 Å². The van der Waals surface area contributed by atoms with Crippen molar-refractivity contribution in [3.05, 3.63) is 66.2 Å². The first kappa shape index (κ1) is 31.0. The van der Waals surface area contributed by atoms with Crippen LogP contribution in [0.25, 0.3) is 16.6 Å². The van der Waals surface area contributed by atoms with Crippen molar-refractivity contribution < 1.29 is 27.8 Å². The summed E-state index contributed by atoms with van der Waals surface area (Å²) in [5.74, 6) is 0.435. The molecule has 210 valence electrons. The maximum atomic E-state index is 12.3. The van der Waals surface area contributed by atoms with Crippen LogP contribution in [0.3, 0.4) is 0 Å². The van der Waals surface area contributed by atoms with Gasteiger partial charge in [0.1, 0.15) is 30.2 Å². The van der Waals surface area contributed by atoms with Crippen LogP contribution in [0.5, 0.6) is 5.75 Å². The standard InChI is InChI=1S/C25H28F3N3O3.2C2H6/c1-15-11-19-23-17-7-6-8-20(34-10-9-33-14-25(26,27)28)22(17)29-31(23)13-21(24(3,4)5)30(19)12-18(15)16(2)32;2*1-2/h6-8,11-12,21,32H,1-2,9-10,13-14H2,3-5H3;2*1-2H3. The van der Waals surface area contributed by atoms with Gasteiger partial charge in [-0.3, -0.25) is 4.68 Å². The van der Waals surface area contributed by atoms with Gasteiger partial charge in [0.15, 0.2) is 0 Å². The molecule has 1 unspecified atom stereocenters. The molecule has 4 rings (SSSR count). The zero-order valence-corrected chi connectivity index (χ0v) is 23.4. The second-order valence-electron chi connectivity index (χ2n) is 9.53. The van der Waals surface area contributed by atoms with Crippen LogP contribution in [0.2, 0.25) is 0 Å². The van der Waals surface area contributed by atoms with Crippen molar-refractivity contribution in [1.29, 1.82) is 0 Å². The molecule has 0 bridgehead atoms. The normalized spacial score (nSPS) is 16.7. The van der Waals surface area contributed by atoms with E-state index >= 15 is 0 Å². The smallest absolute Gasteiger partial charge is 0.411 e. The number of aliphatic hydroxyl groups excluding tert-OH is 1. The van der Waals surface area contributed by atoms with Gasteiger partial charge in [0, 0.05) is 17.2 Å². The average Bonchev–Trinajstić information content (AvgIpc) is 3.23. The third-order valence-corrected chi connectivity index (χ3v) is 5.92. The SMILES string of the molecule is C=C(O)C1=CN2C(=CC1=C)c1c3cccc(OCCOCC(F)(F)F)c3nn1CC2C(C)(C)C.CC.CC. The van der Waals surface area contributed by atoms with Crippen molar-refractivity contribution >= 4 is 16.6 Å². The molecular formula is C29H40F3N3O3. The highest BCUT2D eigenvalue weighted by Crippen LogP contribution is 2.44. The highest BCUT2D eigenvalue weighted by atomic mass is 19.4. The number of aromatic nitrogens is 2. The summed E-state index contributed by atoms with van der Waals surface area (Å²) in [5, 5.41) is 15.7. The summed E-state index contributed by atoms with van der Waals surface area (Å²) in [4.78, 5) is 2.14. The average molecular weight is 536 g/mol. The third kappa shape index (κ3) is 6.81. The van der Waals surface area contributed by atoms with Crippen molar-refractivity contribution in [3.63, 3.8) is 0 Å². The number of alkyl halides is 3. The Morgan fingerprint density at radius 1 is 1.13 bits per heavy atom. The molecule has 0 radical (unpaired) electrons. The molecule has 0 aliphatic carbocycles. The topological polar surface area (TPSA) is 59.8 Å². The Kier molecular flexibility index (Phi) is 10.3. The molecule has 0 fully saturated rings. The number of nitrogens with zero attached hydrogens (tertiary/aromatic N) is 3. The van der Waals surface area contributed by atoms with E-state index in [9.17, 15) is 18.3 Å². The second kappa shape index (κ2) is 12.6. The molecule has 0 saturated carbocycles. The Bertz CT molecular complexity index is 1200. The minimum atomic E-state index is -4.37. The number of rotatable bonds is 6. The van der Waals surface area contributed by atoms with Crippen LogP contribution in [0.1, 0.15) is 54.2 Å². The molecule has 0 amide bonds. The van der Waals surface area contributed by atoms with Crippen LogP contribution in [-0.2, 0) is 11.3 Å². The molecule has 1 N–H and O–H groups in total. The Hall–Kier alpha value is -3.20. The molecule has 2 aliphatic rings. The zero-order valence-electron chi connectivity index (χ0n) is 23.4. The molecule has 0 spiro atoms. The number of hydrogen-bond donors (Lipinski definition) is 1. The van der Waals surface area contributed by atoms with Gasteiger partial charge in [0.2, 0.25) is 0 Å². The molecule has 3 heterocycles. The maximum absolute atomic E-state index is 12.3. The predicted molar refractivity (Wildman–Crippen MR) is 147 cm³/mol. The van der Waals surface area contributed by atoms with Gasteiger partial charge < -0.3 is 19.5 Å². The van der Waals surface area contributed by atoms with Crippen molar-refractivity contribution in [1.82, 2.24) is 14.7 Å². The first-order valence-electron chi connectivity index (χ1n) is 12.9. The van der Waals surface area contributed by atoms with Crippen molar-refractivity contribution in [2.45, 2.75) is 67.2 Å². The van der Waals surface area contributed by atoms with Gasteiger partial charge in [-0.25, -0.2) is 0 Å². The lowest BCUT2D eigenvalue weighted by atomic mass is 9.82. The van der Waals surface area contributed by atoms with E-state index < -0.39 is 12.8 Å². The van der Waals surface area contributed by atoms with Crippen molar-refractivity contribution in [3.8, 4) is 5.75 Å². The molecule has 1 atom stereocenters. The highest BCUT2D eigenvalue weighted by molar-refractivity contribution is 5.95. The molecule has 1 aromatic heterocycles. The van der Waals surface area contributed by atoms with E-state index in [2.05, 4.69) is 43.6 Å². The summed E-state index contributed by atoms with van der Waals surface area (Å²) in [6, 6.07) is 5.53. The molecule has 0 saturated heterocycles. The molecule has 2 aliphatic heterocycles. The van der Waals surface area contributed by atoms with Gasteiger partial charge in [-0.2, -0.15) is 18.3 Å². The van der Waals surface area contributed by atoms with Gasteiger partial charge in [-0.1, -0.05) is 73.8 Å². The first-order chi connectivity index (χ1) is 17.9. The van der Waals surface area contributed by atoms with Gasteiger partial charge in [-0.05, 0) is 23.1 Å². The lowest BCUT2D eigenvalue weighted by Crippen LogP contribution is -2.47. The molecule has 1 aromatic carbocycles. The van der Waals surface area contributed by atoms with E-state index in [0.29, 0.717) is 29.0 Å². The number of fused-ring (bicyclic) bond motifs is 5. The first-order valence-corrected chi connectivity index (χ1v) is 12.9. The largest absolute Gasteiger partial charge is 0.508 e. The Morgan fingerprint density at radius 3 is 2.37 bits per heavy atom. The van der Waals surface area contributed by atoms with Crippen LogP contribution in [0.4, 0.5) is 13.2 Å². The Balaban J connectivity index is 0.00000121. The zero-order chi connectivity index (χ0) is 28.8. The monoisotopic (exact) mass is 535 g/mol. The van der Waals surface area contributed by atoms with Crippen LogP contribution < -0.4 is 4.74 Å². The second-order valence-corrected chi connectivity index (χ2v) is 9.53. The lowest BCUT2D eigenvalue weighted by Gasteiger charge is -2.46. The van der Waals surface area contributed by atoms with E-state index in [-0.39, 0.29) is 30.4 Å². The number of hydrogen-bond acceptors (Lipinski definition) is 5. The third-order valence-electron chi connectivity index (χ3n) is 5.92. The minimum absolute atomic E-state index is 0.0294. The van der Waals surface area contributed by atoms with Gasteiger partial charge in [0.05, 0.1) is 30.6 Å². The molecule has 2 aromatic rings. The van der Waals surface area contributed by atoms with Crippen LogP contribution in [0.15, 0.2) is 60.5 Å². The van der Waals surface area contributed by atoms with E-state index in [1.54, 1.807) is 6.07 Å². The minimum Gasteiger partial charge on any atom is -0.508 e. The summed E-state index contributed by atoms with van der Waals surface area (Å²) in [5.41, 5.74) is 3.50. The van der Waals surface area contributed by atoms with Gasteiger partial charge in [0.25, 0.3) is 0 Å². The van der Waals surface area contributed by atoms with Crippen LogP contribution in [-0.4, -0.2) is 51.8 Å². The van der Waals surface area contributed by atoms with Crippen LogP contribution in [0, 0.1) is 5.41 Å².